The molecular formula is C16H26N4O2. The van der Waals surface area contributed by atoms with Crippen molar-refractivity contribution in [1.82, 2.24) is 19.6 Å². The molecule has 0 unspecified atom stereocenters. The molecule has 3 rings (SSSR count). The smallest absolute Gasteiger partial charge is 0.219 e. The number of aliphatic hydroxyl groups excluding tert-OH is 1. The molecule has 0 bridgehead atoms. The number of aliphatic hydroxyl groups is 1. The molecule has 1 aromatic rings. The zero-order valence-corrected chi connectivity index (χ0v) is 13.3. The highest BCUT2D eigenvalue weighted by Gasteiger charge is 2.39. The molecule has 0 radical (unpaired) electrons. The van der Waals surface area contributed by atoms with Gasteiger partial charge >= 0.3 is 0 Å². The molecule has 1 N–H and O–H groups in total. The highest BCUT2D eigenvalue weighted by Crippen LogP contribution is 2.30. The normalized spacial score (nSPS) is 27.5. The Bertz CT molecular complexity index is 490. The number of likely N-dealkylation sites (tertiary alicyclic amines) is 2. The molecule has 6 nitrogen and oxygen atoms in total. The molecule has 2 aliphatic heterocycles. The van der Waals surface area contributed by atoms with Gasteiger partial charge in [0.25, 0.3) is 0 Å². The molecule has 0 spiro atoms. The molecule has 22 heavy (non-hydrogen) atoms. The van der Waals surface area contributed by atoms with Crippen LogP contribution in [0.1, 0.15) is 32.6 Å². The molecule has 2 fully saturated rings. The Morgan fingerprint density at radius 3 is 2.77 bits per heavy atom. The van der Waals surface area contributed by atoms with Gasteiger partial charge in [-0.1, -0.05) is 0 Å². The highest BCUT2D eigenvalue weighted by molar-refractivity contribution is 5.74. The zero-order valence-electron chi connectivity index (χ0n) is 13.3. The van der Waals surface area contributed by atoms with Crippen LogP contribution in [0.2, 0.25) is 0 Å². The number of rotatable bonds is 5. The van der Waals surface area contributed by atoms with Crippen molar-refractivity contribution in [3.8, 4) is 0 Å². The van der Waals surface area contributed by atoms with Crippen molar-refractivity contribution in [3.05, 3.63) is 18.5 Å². The molecule has 3 heterocycles. The summed E-state index contributed by atoms with van der Waals surface area (Å²) in [5.41, 5.74) is 0. The number of carbonyl (C=O) groups is 1. The van der Waals surface area contributed by atoms with E-state index in [0.29, 0.717) is 25.2 Å². The lowest BCUT2D eigenvalue weighted by molar-refractivity contribution is -0.130. The van der Waals surface area contributed by atoms with Crippen LogP contribution in [-0.2, 0) is 11.3 Å². The second kappa shape index (κ2) is 6.79. The maximum atomic E-state index is 11.8. The Morgan fingerprint density at radius 1 is 1.27 bits per heavy atom. The average molecular weight is 306 g/mol. The summed E-state index contributed by atoms with van der Waals surface area (Å²) in [6, 6.07) is 2.60. The topological polar surface area (TPSA) is 61.6 Å². The van der Waals surface area contributed by atoms with Crippen molar-refractivity contribution < 1.29 is 9.90 Å². The highest BCUT2D eigenvalue weighted by atomic mass is 16.3. The van der Waals surface area contributed by atoms with Crippen LogP contribution in [0.4, 0.5) is 0 Å². The molecular weight excluding hydrogens is 280 g/mol. The van der Waals surface area contributed by atoms with E-state index in [4.69, 9.17) is 0 Å². The van der Waals surface area contributed by atoms with Gasteiger partial charge in [0, 0.05) is 44.5 Å². The summed E-state index contributed by atoms with van der Waals surface area (Å²) in [4.78, 5) is 16.2. The van der Waals surface area contributed by atoms with E-state index in [-0.39, 0.29) is 5.91 Å². The summed E-state index contributed by atoms with van der Waals surface area (Å²) in [5.74, 6) is 0.187. The third kappa shape index (κ3) is 3.33. The fourth-order valence-corrected chi connectivity index (χ4v) is 4.05. The van der Waals surface area contributed by atoms with Gasteiger partial charge in [0.15, 0.2) is 0 Å². The Balaban J connectivity index is 1.59. The van der Waals surface area contributed by atoms with Crippen molar-refractivity contribution in [2.24, 2.45) is 0 Å². The van der Waals surface area contributed by atoms with Crippen LogP contribution in [0.5, 0.6) is 0 Å². The second-order valence-electron chi connectivity index (χ2n) is 6.51. The third-order valence-electron chi connectivity index (χ3n) is 4.96. The van der Waals surface area contributed by atoms with Crippen LogP contribution in [0, 0.1) is 0 Å². The van der Waals surface area contributed by atoms with Gasteiger partial charge in [-0.05, 0) is 38.3 Å². The summed E-state index contributed by atoms with van der Waals surface area (Å²) in [7, 11) is 0. The molecule has 3 atom stereocenters. The molecule has 2 aliphatic rings. The first-order valence-corrected chi connectivity index (χ1v) is 8.32. The minimum absolute atomic E-state index is 0.187. The SMILES string of the molecule is CC(=O)N1CCC[C@@H]1[C@H]1CCCN1C[C@H](O)Cn1cccn1. The monoisotopic (exact) mass is 306 g/mol. The summed E-state index contributed by atoms with van der Waals surface area (Å²) in [5, 5.41) is 14.5. The van der Waals surface area contributed by atoms with E-state index in [1.54, 1.807) is 17.8 Å². The fourth-order valence-electron chi connectivity index (χ4n) is 4.05. The predicted octanol–water partition coefficient (Wildman–Crippen LogP) is 0.719. The average Bonchev–Trinajstić information content (AvgIpc) is 3.17. The number of amides is 1. The number of hydrogen-bond acceptors (Lipinski definition) is 4. The maximum Gasteiger partial charge on any atom is 0.219 e. The van der Waals surface area contributed by atoms with Crippen LogP contribution in [0.3, 0.4) is 0 Å². The molecule has 122 valence electrons. The lowest BCUT2D eigenvalue weighted by Gasteiger charge is -2.35. The molecule has 0 saturated carbocycles. The second-order valence-corrected chi connectivity index (χ2v) is 6.51. The summed E-state index contributed by atoms with van der Waals surface area (Å²) >= 11 is 0. The van der Waals surface area contributed by atoms with E-state index >= 15 is 0 Å². The van der Waals surface area contributed by atoms with Gasteiger partial charge < -0.3 is 10.0 Å². The maximum absolute atomic E-state index is 11.8. The molecule has 1 aromatic heterocycles. The van der Waals surface area contributed by atoms with Gasteiger partial charge in [-0.2, -0.15) is 5.10 Å². The van der Waals surface area contributed by atoms with Crippen LogP contribution < -0.4 is 0 Å². The quantitative estimate of drug-likeness (QED) is 0.871. The van der Waals surface area contributed by atoms with Gasteiger partial charge in [-0.3, -0.25) is 14.4 Å². The van der Waals surface area contributed by atoms with Gasteiger partial charge in [-0.25, -0.2) is 0 Å². The van der Waals surface area contributed by atoms with Gasteiger partial charge in [-0.15, -0.1) is 0 Å². The van der Waals surface area contributed by atoms with E-state index < -0.39 is 6.10 Å². The number of nitrogens with zero attached hydrogens (tertiary/aromatic N) is 4. The van der Waals surface area contributed by atoms with E-state index in [1.165, 1.54) is 0 Å². The van der Waals surface area contributed by atoms with Crippen molar-refractivity contribution in [1.29, 1.82) is 0 Å². The number of hydrogen-bond donors (Lipinski definition) is 1. The largest absolute Gasteiger partial charge is 0.390 e. The first kappa shape index (κ1) is 15.5. The number of aromatic nitrogens is 2. The van der Waals surface area contributed by atoms with Crippen LogP contribution in [0.15, 0.2) is 18.5 Å². The lowest BCUT2D eigenvalue weighted by atomic mass is 10.0. The van der Waals surface area contributed by atoms with Gasteiger partial charge in [0.2, 0.25) is 5.91 Å². The van der Waals surface area contributed by atoms with E-state index in [2.05, 4.69) is 10.00 Å². The Morgan fingerprint density at radius 2 is 2.05 bits per heavy atom. The fraction of sp³-hybridized carbons (Fsp3) is 0.750. The first-order valence-electron chi connectivity index (χ1n) is 8.32. The van der Waals surface area contributed by atoms with Gasteiger partial charge in [0.1, 0.15) is 0 Å². The van der Waals surface area contributed by atoms with Crippen LogP contribution in [-0.4, -0.2) is 68.4 Å². The molecule has 2 saturated heterocycles. The Hall–Kier alpha value is -1.40. The van der Waals surface area contributed by atoms with E-state index in [0.717, 1.165) is 38.8 Å². The zero-order chi connectivity index (χ0) is 15.5. The lowest BCUT2D eigenvalue weighted by Crippen LogP contribution is -2.49. The van der Waals surface area contributed by atoms with E-state index in [1.807, 2.05) is 17.2 Å². The minimum Gasteiger partial charge on any atom is -0.390 e. The van der Waals surface area contributed by atoms with Crippen molar-refractivity contribution in [2.45, 2.75) is 57.3 Å². The first-order chi connectivity index (χ1) is 10.6. The van der Waals surface area contributed by atoms with Crippen LogP contribution in [0.25, 0.3) is 0 Å². The Labute approximate surface area is 131 Å². The van der Waals surface area contributed by atoms with Crippen LogP contribution >= 0.6 is 0 Å². The summed E-state index contributed by atoms with van der Waals surface area (Å²) in [6.07, 6.45) is 7.66. The number of β-amino-alcohol motifs (C(OH)–C–C–N with tert-alkyl or cyclic N) is 1. The van der Waals surface area contributed by atoms with Crippen molar-refractivity contribution in [2.75, 3.05) is 19.6 Å². The van der Waals surface area contributed by atoms with E-state index in [9.17, 15) is 9.90 Å². The molecule has 0 aromatic carbocycles. The Kier molecular flexibility index (Phi) is 4.78. The summed E-state index contributed by atoms with van der Waals surface area (Å²) in [6.45, 7) is 4.76. The van der Waals surface area contributed by atoms with Gasteiger partial charge in [0.05, 0.1) is 12.6 Å². The van der Waals surface area contributed by atoms with Crippen molar-refractivity contribution >= 4 is 5.91 Å². The third-order valence-corrected chi connectivity index (χ3v) is 4.96. The minimum atomic E-state index is -0.423. The standard InChI is InChI=1S/C16H26N4O2/c1-13(21)20-10-3-6-16(20)15-5-2-8-18(15)11-14(22)12-19-9-4-7-17-19/h4,7,9,14-16,22H,2-3,5-6,8,10-12H2,1H3/t14-,15+,16+/m0/s1. The summed E-state index contributed by atoms with van der Waals surface area (Å²) < 4.78 is 1.77. The van der Waals surface area contributed by atoms with Crippen molar-refractivity contribution in [3.63, 3.8) is 0 Å². The molecule has 0 aliphatic carbocycles. The molecule has 6 heteroatoms. The predicted molar refractivity (Wildman–Crippen MR) is 83.2 cm³/mol. The molecule has 1 amide bonds. The number of carbonyl (C=O) groups excluding carboxylic acids is 1.